The van der Waals surface area contributed by atoms with Crippen molar-refractivity contribution in [2.45, 2.75) is 89.6 Å². The van der Waals surface area contributed by atoms with Crippen LogP contribution in [0.15, 0.2) is 5.16 Å². The Morgan fingerprint density at radius 3 is 2.76 bits per heavy atom. The van der Waals surface area contributed by atoms with E-state index < -0.39 is 0 Å². The first-order chi connectivity index (χ1) is 13.8. The number of carbonyl (C=O) groups is 2. The van der Waals surface area contributed by atoms with Gasteiger partial charge >= 0.3 is 0 Å². The van der Waals surface area contributed by atoms with Crippen molar-refractivity contribution in [3.63, 3.8) is 0 Å². The second-order valence-corrected chi connectivity index (χ2v) is 9.14. The molecule has 2 rings (SSSR count). The Morgan fingerprint density at radius 1 is 1.31 bits per heavy atom. The molecule has 1 aromatic rings. The van der Waals surface area contributed by atoms with E-state index >= 15 is 0 Å². The summed E-state index contributed by atoms with van der Waals surface area (Å²) in [4.78, 5) is 23.5. The largest absolute Gasteiger partial charge is 0.376 e. The fourth-order valence-electron chi connectivity index (χ4n) is 3.37. The quantitative estimate of drug-likeness (QED) is 0.469. The summed E-state index contributed by atoms with van der Waals surface area (Å²) in [5.74, 6) is 1.32. The lowest BCUT2D eigenvalue weighted by atomic mass is 10.0. The Morgan fingerprint density at radius 2 is 2.10 bits per heavy atom. The number of ether oxygens (including phenoxy) is 1. The molecule has 0 spiro atoms. The van der Waals surface area contributed by atoms with Crippen LogP contribution in [0, 0.1) is 5.92 Å². The highest BCUT2D eigenvalue weighted by Crippen LogP contribution is 2.22. The average molecular weight is 426 g/mol. The molecule has 2 atom stereocenters. The van der Waals surface area contributed by atoms with Gasteiger partial charge in [-0.2, -0.15) is 0 Å². The molecule has 3 N–H and O–H groups in total. The maximum atomic E-state index is 12.3. The molecule has 2 heterocycles. The van der Waals surface area contributed by atoms with Crippen molar-refractivity contribution < 1.29 is 14.3 Å². The zero-order chi connectivity index (χ0) is 21.2. The van der Waals surface area contributed by atoms with Gasteiger partial charge in [0.1, 0.15) is 5.82 Å². The monoisotopic (exact) mass is 425 g/mol. The number of nitrogens with one attached hydrogen (secondary N) is 1. The number of nitrogens with zero attached hydrogens (tertiary/aromatic N) is 3. The second-order valence-electron chi connectivity index (χ2n) is 8.19. The number of thioether (sulfide) groups is 1. The van der Waals surface area contributed by atoms with E-state index in [0.29, 0.717) is 29.9 Å². The first-order valence-corrected chi connectivity index (χ1v) is 11.6. The minimum absolute atomic E-state index is 0.00241. The number of primary amides is 1. The van der Waals surface area contributed by atoms with Crippen molar-refractivity contribution in [2.24, 2.45) is 11.7 Å². The molecule has 0 aromatic carbocycles. The van der Waals surface area contributed by atoms with Crippen molar-refractivity contribution in [3.05, 3.63) is 5.82 Å². The van der Waals surface area contributed by atoms with Crippen LogP contribution in [0.25, 0.3) is 0 Å². The maximum absolute atomic E-state index is 12.3. The van der Waals surface area contributed by atoms with Crippen LogP contribution in [0.3, 0.4) is 0 Å². The van der Waals surface area contributed by atoms with Crippen molar-refractivity contribution in [1.29, 1.82) is 0 Å². The van der Waals surface area contributed by atoms with E-state index in [2.05, 4.69) is 29.4 Å². The van der Waals surface area contributed by atoms with E-state index in [0.717, 1.165) is 32.3 Å². The fourth-order valence-corrected chi connectivity index (χ4v) is 4.15. The lowest BCUT2D eigenvalue weighted by Crippen LogP contribution is -2.34. The number of amides is 2. The van der Waals surface area contributed by atoms with Crippen LogP contribution in [0.5, 0.6) is 0 Å². The normalized spacial score (nSPS) is 17.6. The SMILES string of the molecule is CC(C)CCC[C@H](C)NC(=O)CSc1nnc(CCC(N)=O)n1C[C@@H]1CCCO1. The highest BCUT2D eigenvalue weighted by molar-refractivity contribution is 7.99. The van der Waals surface area contributed by atoms with Crippen molar-refractivity contribution in [2.75, 3.05) is 12.4 Å². The first kappa shape index (κ1) is 23.7. The summed E-state index contributed by atoms with van der Waals surface area (Å²) >= 11 is 1.37. The molecule has 1 fully saturated rings. The minimum atomic E-state index is -0.364. The smallest absolute Gasteiger partial charge is 0.230 e. The lowest BCUT2D eigenvalue weighted by molar-refractivity contribution is -0.119. The van der Waals surface area contributed by atoms with E-state index in [1.807, 2.05) is 11.5 Å². The van der Waals surface area contributed by atoms with Gasteiger partial charge < -0.3 is 20.4 Å². The Kier molecular flexibility index (Phi) is 9.93. The van der Waals surface area contributed by atoms with Gasteiger partial charge in [0.2, 0.25) is 11.8 Å². The molecule has 0 unspecified atom stereocenters. The van der Waals surface area contributed by atoms with Crippen LogP contribution < -0.4 is 11.1 Å². The summed E-state index contributed by atoms with van der Waals surface area (Å²) in [5.41, 5.74) is 5.28. The van der Waals surface area contributed by atoms with Gasteiger partial charge in [-0.25, -0.2) is 0 Å². The number of aromatic nitrogens is 3. The summed E-state index contributed by atoms with van der Waals surface area (Å²) in [6.07, 6.45) is 6.10. The van der Waals surface area contributed by atoms with Crippen LogP contribution in [0.4, 0.5) is 0 Å². The Hall–Kier alpha value is -1.61. The van der Waals surface area contributed by atoms with Gasteiger partial charge in [-0.15, -0.1) is 10.2 Å². The van der Waals surface area contributed by atoms with Crippen molar-refractivity contribution in [1.82, 2.24) is 20.1 Å². The molecule has 29 heavy (non-hydrogen) atoms. The molecule has 9 heteroatoms. The Bertz CT molecular complexity index is 659. The van der Waals surface area contributed by atoms with Gasteiger partial charge in [-0.3, -0.25) is 9.59 Å². The number of nitrogens with two attached hydrogens (primary N) is 1. The molecule has 164 valence electrons. The summed E-state index contributed by atoms with van der Waals surface area (Å²) in [5, 5.41) is 12.2. The second kappa shape index (κ2) is 12.2. The van der Waals surface area contributed by atoms with Gasteiger partial charge in [-0.1, -0.05) is 38.5 Å². The van der Waals surface area contributed by atoms with Crippen molar-refractivity contribution in [3.8, 4) is 0 Å². The molecule has 1 aromatic heterocycles. The highest BCUT2D eigenvalue weighted by Gasteiger charge is 2.22. The predicted molar refractivity (Wildman–Crippen MR) is 114 cm³/mol. The fraction of sp³-hybridized carbons (Fsp3) is 0.800. The zero-order valence-corrected chi connectivity index (χ0v) is 18.7. The van der Waals surface area contributed by atoms with Crippen LogP contribution >= 0.6 is 11.8 Å². The van der Waals surface area contributed by atoms with Gasteiger partial charge in [0.15, 0.2) is 5.16 Å². The molecule has 8 nitrogen and oxygen atoms in total. The van der Waals surface area contributed by atoms with Crippen LogP contribution in [-0.2, 0) is 27.3 Å². The van der Waals surface area contributed by atoms with Gasteiger partial charge in [-0.05, 0) is 32.1 Å². The highest BCUT2D eigenvalue weighted by atomic mass is 32.2. The molecule has 0 bridgehead atoms. The molecule has 1 aliphatic heterocycles. The molecule has 2 amide bonds. The molecule has 0 saturated carbocycles. The van der Waals surface area contributed by atoms with Crippen LogP contribution in [-0.4, -0.2) is 51.1 Å². The standard InChI is InChI=1S/C20H35N5O3S/c1-14(2)6-4-7-15(3)22-19(27)13-29-20-24-23-18(10-9-17(21)26)25(20)12-16-8-5-11-28-16/h14-16H,4-13H2,1-3H3,(H2,21,26)(H,22,27)/t15-,16-/m0/s1. The zero-order valence-electron chi connectivity index (χ0n) is 17.9. The first-order valence-electron chi connectivity index (χ1n) is 10.6. The summed E-state index contributed by atoms with van der Waals surface area (Å²) < 4.78 is 7.71. The summed E-state index contributed by atoms with van der Waals surface area (Å²) in [6, 6.07) is 0.165. The number of aryl methyl sites for hydroxylation is 1. The van der Waals surface area contributed by atoms with E-state index in [1.165, 1.54) is 18.2 Å². The lowest BCUT2D eigenvalue weighted by Gasteiger charge is -2.16. The number of carbonyl (C=O) groups excluding carboxylic acids is 2. The van der Waals surface area contributed by atoms with Crippen LogP contribution in [0.1, 0.15) is 65.1 Å². The third-order valence-corrected chi connectivity index (χ3v) is 5.92. The summed E-state index contributed by atoms with van der Waals surface area (Å²) in [7, 11) is 0. The topological polar surface area (TPSA) is 112 Å². The van der Waals surface area contributed by atoms with E-state index in [4.69, 9.17) is 10.5 Å². The number of hydrogen-bond acceptors (Lipinski definition) is 6. The van der Waals surface area contributed by atoms with Crippen molar-refractivity contribution >= 4 is 23.6 Å². The molecular formula is C20H35N5O3S. The van der Waals surface area contributed by atoms with Gasteiger partial charge in [0.25, 0.3) is 0 Å². The minimum Gasteiger partial charge on any atom is -0.376 e. The molecule has 1 aliphatic rings. The number of hydrogen-bond donors (Lipinski definition) is 2. The van der Waals surface area contributed by atoms with Gasteiger partial charge in [0, 0.05) is 25.5 Å². The van der Waals surface area contributed by atoms with Crippen LogP contribution in [0.2, 0.25) is 0 Å². The maximum Gasteiger partial charge on any atom is 0.230 e. The van der Waals surface area contributed by atoms with E-state index in [-0.39, 0.29) is 36.1 Å². The van der Waals surface area contributed by atoms with E-state index in [1.54, 1.807) is 0 Å². The van der Waals surface area contributed by atoms with Gasteiger partial charge in [0.05, 0.1) is 18.4 Å². The molecular weight excluding hydrogens is 390 g/mol. The predicted octanol–water partition coefficient (Wildman–Crippen LogP) is 2.30. The summed E-state index contributed by atoms with van der Waals surface area (Å²) in [6.45, 7) is 7.87. The Labute approximate surface area is 177 Å². The molecule has 0 aliphatic carbocycles. The van der Waals surface area contributed by atoms with E-state index in [9.17, 15) is 9.59 Å². The number of rotatable bonds is 13. The third kappa shape index (κ3) is 8.74. The molecule has 1 saturated heterocycles. The Balaban J connectivity index is 1.89. The average Bonchev–Trinajstić information content (AvgIpc) is 3.28. The third-order valence-electron chi connectivity index (χ3n) is 4.96. The molecule has 0 radical (unpaired) electrons.